The molecule has 0 saturated heterocycles. The SMILES string of the molecule is [CH2][CH]CSC[C@H](NC(=O)CCCCCCCCCCCCCCC)C(=O)NCCCNCCCCNCCCNC(=O)CNC(=O)c1ccc(Cn2c(O)nc3c(N)nc(NCCCC)nc32)cc1. The van der Waals surface area contributed by atoms with Crippen molar-refractivity contribution < 1.29 is 24.3 Å². The molecule has 4 amide bonds. The number of amides is 4. The number of anilines is 2. The number of unbranched alkanes of at least 4 members (excludes halogenated alkanes) is 14. The van der Waals surface area contributed by atoms with Gasteiger partial charge in [-0.3, -0.25) is 23.7 Å². The molecule has 0 bridgehead atoms. The van der Waals surface area contributed by atoms with E-state index in [2.05, 4.69) is 72.9 Å². The Labute approximate surface area is 417 Å². The lowest BCUT2D eigenvalue weighted by atomic mass is 10.0. The standard InChI is InChI=1S/C51H86N12O5S/c1-4-7-9-10-11-12-13-14-15-16-17-18-19-24-43(64)59-42(39-69-36-6-3)49(67)56-35-23-32-54-30-21-20-29-53-31-22-34-55-44(65)37-58-48(66)41-27-25-40(26-28-41)38-63-47-45(60-51(63)68)46(52)61-50(62-47)57-33-8-5-2/h6,25-28,42,53-54H,3-5,7-24,29-39H2,1-2H3,(H,55,65)(H,56,67)(H,58,66)(H,59,64)(H,60,68)(H3,52,57,61,62)/t42-/m0/s1. The van der Waals surface area contributed by atoms with Gasteiger partial charge in [0.05, 0.1) is 13.1 Å². The largest absolute Gasteiger partial charge is 0.480 e. The second kappa shape index (κ2) is 37.2. The van der Waals surface area contributed by atoms with Crippen LogP contribution in [0.15, 0.2) is 24.3 Å². The van der Waals surface area contributed by atoms with E-state index >= 15 is 0 Å². The first-order chi connectivity index (χ1) is 33.7. The van der Waals surface area contributed by atoms with Gasteiger partial charge in [0.2, 0.25) is 23.7 Å². The summed E-state index contributed by atoms with van der Waals surface area (Å²) in [7, 11) is 0. The minimum absolute atomic E-state index is 0.0471. The molecule has 0 aliphatic carbocycles. The molecule has 0 aliphatic rings. The first-order valence-corrected chi connectivity index (χ1v) is 27.1. The van der Waals surface area contributed by atoms with E-state index in [4.69, 9.17) is 5.73 Å². The smallest absolute Gasteiger partial charge is 0.296 e. The molecule has 0 unspecified atom stereocenters. The molecule has 2 radical (unpaired) electrons. The van der Waals surface area contributed by atoms with E-state index in [1.807, 2.05) is 6.42 Å². The quantitative estimate of drug-likeness (QED) is 0.0265. The predicted octanol–water partition coefficient (Wildman–Crippen LogP) is 6.81. The molecule has 0 saturated carbocycles. The summed E-state index contributed by atoms with van der Waals surface area (Å²) < 4.78 is 1.54. The minimum Gasteiger partial charge on any atom is -0.480 e. The highest BCUT2D eigenvalue weighted by molar-refractivity contribution is 7.99. The Hall–Kier alpha value is -4.68. The molecule has 1 aromatic carbocycles. The molecule has 3 rings (SSSR count). The molecular formula is C51H86N12O5S. The number of nitrogens with one attached hydrogen (secondary N) is 7. The zero-order chi connectivity index (χ0) is 49.7. The Bertz CT molecular complexity index is 1880. The fourth-order valence-corrected chi connectivity index (χ4v) is 8.42. The van der Waals surface area contributed by atoms with Gasteiger partial charge in [-0.2, -0.15) is 26.7 Å². The van der Waals surface area contributed by atoms with Crippen LogP contribution >= 0.6 is 11.8 Å². The third-order valence-corrected chi connectivity index (χ3v) is 12.7. The average molecular weight is 979 g/mol. The van der Waals surface area contributed by atoms with E-state index in [-0.39, 0.29) is 48.5 Å². The van der Waals surface area contributed by atoms with Gasteiger partial charge in [0, 0.05) is 37.4 Å². The van der Waals surface area contributed by atoms with E-state index in [9.17, 15) is 24.3 Å². The van der Waals surface area contributed by atoms with Crippen LogP contribution in [0.2, 0.25) is 0 Å². The van der Waals surface area contributed by atoms with Gasteiger partial charge in [-0.05, 0) is 101 Å². The molecule has 0 aliphatic heterocycles. The van der Waals surface area contributed by atoms with E-state index in [1.165, 1.54) is 75.2 Å². The molecule has 18 heteroatoms. The second-order valence-corrected chi connectivity index (χ2v) is 18.8. The maximum absolute atomic E-state index is 13.0. The Kier molecular flexibility index (Phi) is 31.6. The minimum atomic E-state index is -0.544. The van der Waals surface area contributed by atoms with Gasteiger partial charge in [0.15, 0.2) is 17.0 Å². The topological polar surface area (TPSA) is 242 Å². The lowest BCUT2D eigenvalue weighted by molar-refractivity contribution is -0.128. The maximum atomic E-state index is 13.0. The molecule has 2 heterocycles. The molecule has 10 N–H and O–H groups in total. The highest BCUT2D eigenvalue weighted by atomic mass is 32.2. The van der Waals surface area contributed by atoms with Crippen LogP contribution in [-0.4, -0.2) is 118 Å². The molecule has 69 heavy (non-hydrogen) atoms. The number of nitrogens with zero attached hydrogens (tertiary/aromatic N) is 4. The number of thioether (sulfide) groups is 1. The Morgan fingerprint density at radius 3 is 1.91 bits per heavy atom. The van der Waals surface area contributed by atoms with Crippen molar-refractivity contribution in [2.24, 2.45) is 0 Å². The zero-order valence-corrected chi connectivity index (χ0v) is 42.8. The monoisotopic (exact) mass is 979 g/mol. The lowest BCUT2D eigenvalue weighted by Gasteiger charge is -2.18. The van der Waals surface area contributed by atoms with Crippen LogP contribution in [0.25, 0.3) is 11.2 Å². The predicted molar refractivity (Wildman–Crippen MR) is 282 cm³/mol. The average Bonchev–Trinajstić information content (AvgIpc) is 3.66. The number of carbonyl (C=O) groups is 4. The van der Waals surface area contributed by atoms with Gasteiger partial charge in [0.25, 0.3) is 11.9 Å². The highest BCUT2D eigenvalue weighted by Crippen LogP contribution is 2.25. The van der Waals surface area contributed by atoms with Crippen molar-refractivity contribution >= 4 is 58.3 Å². The van der Waals surface area contributed by atoms with Crippen molar-refractivity contribution in [3.8, 4) is 6.01 Å². The van der Waals surface area contributed by atoms with Gasteiger partial charge in [-0.15, -0.1) is 0 Å². The van der Waals surface area contributed by atoms with Crippen LogP contribution in [0.3, 0.4) is 0 Å². The number of aromatic nitrogens is 4. The lowest BCUT2D eigenvalue weighted by Crippen LogP contribution is -2.48. The first-order valence-electron chi connectivity index (χ1n) is 25.9. The van der Waals surface area contributed by atoms with Crippen molar-refractivity contribution in [2.75, 3.05) is 74.9 Å². The van der Waals surface area contributed by atoms with Crippen molar-refractivity contribution in [3.05, 3.63) is 48.7 Å². The Morgan fingerprint density at radius 2 is 1.29 bits per heavy atom. The number of carbonyl (C=O) groups excluding carboxylic acids is 4. The molecule has 2 aromatic heterocycles. The maximum Gasteiger partial charge on any atom is 0.296 e. The summed E-state index contributed by atoms with van der Waals surface area (Å²) in [6.45, 7) is 13.3. The normalized spacial score (nSPS) is 11.7. The summed E-state index contributed by atoms with van der Waals surface area (Å²) >= 11 is 1.60. The number of benzene rings is 1. The van der Waals surface area contributed by atoms with Gasteiger partial charge in [0.1, 0.15) is 6.04 Å². The molecule has 1 atom stereocenters. The molecule has 386 valence electrons. The highest BCUT2D eigenvalue weighted by Gasteiger charge is 2.21. The van der Waals surface area contributed by atoms with Gasteiger partial charge >= 0.3 is 0 Å². The van der Waals surface area contributed by atoms with Crippen molar-refractivity contribution in [1.82, 2.24) is 51.4 Å². The third kappa shape index (κ3) is 25.7. The molecule has 17 nitrogen and oxygen atoms in total. The van der Waals surface area contributed by atoms with Crippen molar-refractivity contribution in [3.63, 3.8) is 0 Å². The number of hydrogen-bond donors (Lipinski definition) is 9. The van der Waals surface area contributed by atoms with Crippen molar-refractivity contribution in [2.45, 2.75) is 155 Å². The molecule has 3 aromatic rings. The van der Waals surface area contributed by atoms with E-state index < -0.39 is 6.04 Å². The summed E-state index contributed by atoms with van der Waals surface area (Å²) in [4.78, 5) is 63.7. The van der Waals surface area contributed by atoms with E-state index in [0.717, 1.165) is 88.9 Å². The summed E-state index contributed by atoms with van der Waals surface area (Å²) in [5.41, 5.74) is 8.01. The van der Waals surface area contributed by atoms with Crippen LogP contribution in [0.5, 0.6) is 6.01 Å². The Balaban J connectivity index is 1.16. The molecular weight excluding hydrogens is 893 g/mol. The van der Waals surface area contributed by atoms with Crippen LogP contribution in [0.4, 0.5) is 11.8 Å². The number of fused-ring (bicyclic) bond motifs is 1. The van der Waals surface area contributed by atoms with Crippen LogP contribution in [0.1, 0.15) is 158 Å². The molecule has 0 fully saturated rings. The zero-order valence-electron chi connectivity index (χ0n) is 41.9. The number of aromatic hydroxyl groups is 1. The number of nitrogen functional groups attached to an aromatic ring is 1. The third-order valence-electron chi connectivity index (χ3n) is 11.7. The summed E-state index contributed by atoms with van der Waals surface area (Å²) in [5, 5.41) is 32.0. The summed E-state index contributed by atoms with van der Waals surface area (Å²) in [5.74, 6) is 0.986. The van der Waals surface area contributed by atoms with Crippen LogP contribution in [0, 0.1) is 13.3 Å². The Morgan fingerprint density at radius 1 is 0.696 bits per heavy atom. The fraction of sp³-hybridized carbons (Fsp3) is 0.667. The number of rotatable bonds is 42. The van der Waals surface area contributed by atoms with Crippen molar-refractivity contribution in [1.29, 1.82) is 0 Å². The number of nitrogens with two attached hydrogens (primary N) is 1. The second-order valence-electron chi connectivity index (χ2n) is 17.8. The van der Waals surface area contributed by atoms with Crippen LogP contribution < -0.4 is 43.0 Å². The summed E-state index contributed by atoms with van der Waals surface area (Å²) in [6.07, 6.45) is 24.3. The van der Waals surface area contributed by atoms with Gasteiger partial charge < -0.3 is 48.1 Å². The van der Waals surface area contributed by atoms with Crippen LogP contribution in [-0.2, 0) is 20.9 Å². The molecule has 0 spiro atoms. The summed E-state index contributed by atoms with van der Waals surface area (Å²) in [6, 6.07) is 6.08. The van der Waals surface area contributed by atoms with Gasteiger partial charge in [-0.25, -0.2) is 0 Å². The van der Waals surface area contributed by atoms with E-state index in [0.29, 0.717) is 54.5 Å². The fourth-order valence-electron chi connectivity index (χ4n) is 7.64. The number of imidazole rings is 1. The first kappa shape index (κ1) is 58.6. The van der Waals surface area contributed by atoms with E-state index in [1.54, 1.807) is 36.0 Å². The number of hydrogen-bond acceptors (Lipinski definition) is 13. The van der Waals surface area contributed by atoms with Gasteiger partial charge in [-0.1, -0.05) is 109 Å².